The van der Waals surface area contributed by atoms with Crippen molar-refractivity contribution in [2.24, 2.45) is 0 Å². The third-order valence-electron chi connectivity index (χ3n) is 4.75. The zero-order valence-electron chi connectivity index (χ0n) is 15.1. The van der Waals surface area contributed by atoms with E-state index in [9.17, 15) is 0 Å². The number of fused-ring (bicyclic) bond motifs is 2. The van der Waals surface area contributed by atoms with Crippen LogP contribution in [0.2, 0.25) is 0 Å². The highest BCUT2D eigenvalue weighted by Crippen LogP contribution is 2.28. The molecule has 134 valence electrons. The van der Waals surface area contributed by atoms with E-state index >= 15 is 0 Å². The first-order chi connectivity index (χ1) is 13.8. The maximum Gasteiger partial charge on any atom is 0.220 e. The molecule has 0 aliphatic heterocycles. The lowest BCUT2D eigenvalue weighted by Gasteiger charge is -2.09. The molecule has 0 fully saturated rings. The molecule has 2 aromatic carbocycles. The molecule has 0 saturated heterocycles. The molecule has 5 rings (SSSR count). The van der Waals surface area contributed by atoms with Gasteiger partial charge in [0, 0.05) is 23.6 Å². The molecule has 2 N–H and O–H groups in total. The van der Waals surface area contributed by atoms with Crippen LogP contribution in [0.4, 0.5) is 5.95 Å². The van der Waals surface area contributed by atoms with Gasteiger partial charge in [-0.25, -0.2) is 15.0 Å². The van der Waals surface area contributed by atoms with Crippen LogP contribution in [0.5, 0.6) is 0 Å². The minimum Gasteiger partial charge on any atom is -0.368 e. The van der Waals surface area contributed by atoms with Gasteiger partial charge in [-0.2, -0.15) is 0 Å². The van der Waals surface area contributed by atoms with E-state index in [1.807, 2.05) is 48.5 Å². The van der Waals surface area contributed by atoms with E-state index < -0.39 is 0 Å². The number of benzene rings is 2. The average Bonchev–Trinajstić information content (AvgIpc) is 2.74. The Morgan fingerprint density at radius 1 is 0.714 bits per heavy atom. The third-order valence-corrected chi connectivity index (χ3v) is 4.75. The second-order valence-corrected chi connectivity index (χ2v) is 6.64. The predicted molar refractivity (Wildman–Crippen MR) is 112 cm³/mol. The second kappa shape index (κ2) is 6.70. The Bertz CT molecular complexity index is 1290. The number of pyridine rings is 2. The van der Waals surface area contributed by atoms with E-state index in [1.54, 1.807) is 6.20 Å². The lowest BCUT2D eigenvalue weighted by Crippen LogP contribution is -2.03. The van der Waals surface area contributed by atoms with Gasteiger partial charge in [0.05, 0.1) is 22.4 Å². The number of anilines is 1. The van der Waals surface area contributed by atoms with Crippen LogP contribution in [-0.4, -0.2) is 19.9 Å². The number of aromatic nitrogens is 4. The van der Waals surface area contributed by atoms with E-state index in [1.165, 1.54) is 0 Å². The van der Waals surface area contributed by atoms with Crippen molar-refractivity contribution in [3.8, 4) is 11.3 Å². The molecule has 0 aliphatic rings. The summed E-state index contributed by atoms with van der Waals surface area (Å²) in [6.07, 6.45) is 2.45. The molecule has 3 aromatic heterocycles. The Morgan fingerprint density at radius 3 is 2.46 bits per heavy atom. The SMILES string of the molecule is Nc1nc(Cc2ccccc2)c2nc(-c3cccc4cccnc34)ccc2n1. The molecule has 0 aliphatic carbocycles. The topological polar surface area (TPSA) is 77.6 Å². The number of nitrogens with two attached hydrogens (primary N) is 1. The van der Waals surface area contributed by atoms with Crippen molar-refractivity contribution in [1.29, 1.82) is 0 Å². The minimum absolute atomic E-state index is 0.264. The summed E-state index contributed by atoms with van der Waals surface area (Å²) in [7, 11) is 0. The van der Waals surface area contributed by atoms with Crippen LogP contribution in [0, 0.1) is 0 Å². The first kappa shape index (κ1) is 16.3. The van der Waals surface area contributed by atoms with Crippen molar-refractivity contribution >= 4 is 27.9 Å². The smallest absolute Gasteiger partial charge is 0.220 e. The first-order valence-corrected chi connectivity index (χ1v) is 9.09. The van der Waals surface area contributed by atoms with Crippen molar-refractivity contribution in [2.75, 3.05) is 5.73 Å². The van der Waals surface area contributed by atoms with E-state index in [0.717, 1.165) is 44.5 Å². The number of nitrogens with zero attached hydrogens (tertiary/aromatic N) is 4. The number of para-hydroxylation sites is 1. The fourth-order valence-corrected chi connectivity index (χ4v) is 3.47. The van der Waals surface area contributed by atoms with Crippen molar-refractivity contribution in [1.82, 2.24) is 19.9 Å². The summed E-state index contributed by atoms with van der Waals surface area (Å²) in [5, 5.41) is 1.08. The molecule has 0 saturated carbocycles. The summed E-state index contributed by atoms with van der Waals surface area (Å²) >= 11 is 0. The number of hydrogen-bond donors (Lipinski definition) is 1. The number of rotatable bonds is 3. The Labute approximate surface area is 161 Å². The molecule has 5 aromatic rings. The Balaban J connectivity index is 1.70. The largest absolute Gasteiger partial charge is 0.368 e. The van der Waals surface area contributed by atoms with Gasteiger partial charge < -0.3 is 5.73 Å². The van der Waals surface area contributed by atoms with Crippen molar-refractivity contribution in [2.45, 2.75) is 6.42 Å². The summed E-state index contributed by atoms with van der Waals surface area (Å²) < 4.78 is 0. The fraction of sp³-hybridized carbons (Fsp3) is 0.0435. The summed E-state index contributed by atoms with van der Waals surface area (Å²) in [5.41, 5.74) is 12.2. The summed E-state index contributed by atoms with van der Waals surface area (Å²) in [6.45, 7) is 0. The Hall–Kier alpha value is -3.86. The van der Waals surface area contributed by atoms with Gasteiger partial charge in [-0.15, -0.1) is 0 Å². The molecule has 0 radical (unpaired) electrons. The quantitative estimate of drug-likeness (QED) is 0.514. The van der Waals surface area contributed by atoms with Crippen LogP contribution in [-0.2, 0) is 6.42 Å². The van der Waals surface area contributed by atoms with Gasteiger partial charge in [0.2, 0.25) is 5.95 Å². The summed E-state index contributed by atoms with van der Waals surface area (Å²) in [5.74, 6) is 0.264. The van der Waals surface area contributed by atoms with Gasteiger partial charge >= 0.3 is 0 Å². The molecule has 0 bridgehead atoms. The monoisotopic (exact) mass is 363 g/mol. The predicted octanol–water partition coefficient (Wildman–Crippen LogP) is 4.41. The molecule has 0 unspecified atom stereocenters. The van der Waals surface area contributed by atoms with Gasteiger partial charge in [-0.1, -0.05) is 54.6 Å². The highest BCUT2D eigenvalue weighted by Gasteiger charge is 2.12. The van der Waals surface area contributed by atoms with Crippen LogP contribution in [0.15, 0.2) is 79.0 Å². The zero-order valence-corrected chi connectivity index (χ0v) is 15.1. The molecular formula is C23H17N5. The molecular weight excluding hydrogens is 346 g/mol. The van der Waals surface area contributed by atoms with Crippen molar-refractivity contribution < 1.29 is 0 Å². The van der Waals surface area contributed by atoms with E-state index in [4.69, 9.17) is 10.7 Å². The van der Waals surface area contributed by atoms with Crippen molar-refractivity contribution in [3.05, 3.63) is 90.3 Å². The standard InChI is InChI=1S/C23H17N5/c24-23-27-19-12-11-18(17-10-4-8-16-9-5-13-25-21(16)17)26-22(19)20(28-23)14-15-6-2-1-3-7-15/h1-13H,14H2,(H2,24,27,28). The van der Waals surface area contributed by atoms with Gasteiger partial charge in [-0.05, 0) is 23.8 Å². The normalized spacial score (nSPS) is 11.1. The highest BCUT2D eigenvalue weighted by atomic mass is 15.0. The molecule has 0 spiro atoms. The lowest BCUT2D eigenvalue weighted by atomic mass is 10.0. The second-order valence-electron chi connectivity index (χ2n) is 6.64. The average molecular weight is 363 g/mol. The minimum atomic E-state index is 0.264. The van der Waals surface area contributed by atoms with Crippen LogP contribution < -0.4 is 5.73 Å². The van der Waals surface area contributed by atoms with Crippen LogP contribution in [0.3, 0.4) is 0 Å². The molecule has 0 amide bonds. The molecule has 5 heteroatoms. The van der Waals surface area contributed by atoms with Gasteiger partial charge in [0.15, 0.2) is 0 Å². The van der Waals surface area contributed by atoms with Gasteiger partial charge in [-0.3, -0.25) is 4.98 Å². The fourth-order valence-electron chi connectivity index (χ4n) is 3.47. The van der Waals surface area contributed by atoms with E-state index in [0.29, 0.717) is 6.42 Å². The Kier molecular flexibility index (Phi) is 3.91. The molecule has 5 nitrogen and oxygen atoms in total. The highest BCUT2D eigenvalue weighted by molar-refractivity contribution is 5.94. The van der Waals surface area contributed by atoms with Gasteiger partial charge in [0.25, 0.3) is 0 Å². The van der Waals surface area contributed by atoms with Gasteiger partial charge in [0.1, 0.15) is 5.52 Å². The number of nitrogen functional groups attached to an aromatic ring is 1. The van der Waals surface area contributed by atoms with E-state index in [-0.39, 0.29) is 5.95 Å². The van der Waals surface area contributed by atoms with E-state index in [2.05, 4.69) is 39.2 Å². The summed E-state index contributed by atoms with van der Waals surface area (Å²) in [6, 6.07) is 24.2. The maximum absolute atomic E-state index is 5.94. The maximum atomic E-state index is 5.94. The molecule has 0 atom stereocenters. The van der Waals surface area contributed by atoms with Crippen molar-refractivity contribution in [3.63, 3.8) is 0 Å². The molecule has 28 heavy (non-hydrogen) atoms. The third kappa shape index (κ3) is 2.93. The summed E-state index contributed by atoms with van der Waals surface area (Å²) in [4.78, 5) is 18.3. The molecule has 3 heterocycles. The zero-order chi connectivity index (χ0) is 18.9. The van der Waals surface area contributed by atoms with Crippen LogP contribution in [0.1, 0.15) is 11.3 Å². The Morgan fingerprint density at radius 2 is 1.57 bits per heavy atom. The lowest BCUT2D eigenvalue weighted by molar-refractivity contribution is 1.06. The number of hydrogen-bond acceptors (Lipinski definition) is 5. The first-order valence-electron chi connectivity index (χ1n) is 9.09. The van der Waals surface area contributed by atoms with Crippen LogP contribution >= 0.6 is 0 Å². The van der Waals surface area contributed by atoms with Crippen LogP contribution in [0.25, 0.3) is 33.2 Å².